The summed E-state index contributed by atoms with van der Waals surface area (Å²) in [5.41, 5.74) is 0.975. The summed E-state index contributed by atoms with van der Waals surface area (Å²) in [6.45, 7) is 2.80. The van der Waals surface area contributed by atoms with Crippen LogP contribution in [0.1, 0.15) is 74.2 Å². The smallest absolute Gasteiger partial charge is 0.343 e. The van der Waals surface area contributed by atoms with Gasteiger partial charge in [-0.05, 0) is 86.1 Å². The summed E-state index contributed by atoms with van der Waals surface area (Å²) in [4.78, 5) is 12.3. The Morgan fingerprint density at radius 3 is 2.34 bits per heavy atom. The van der Waals surface area contributed by atoms with Crippen molar-refractivity contribution in [2.45, 2.75) is 58.3 Å². The normalized spacial score (nSPS) is 18.2. The number of hydrogen-bond acceptors (Lipinski definition) is 4. The van der Waals surface area contributed by atoms with Crippen molar-refractivity contribution in [3.05, 3.63) is 71.8 Å². The lowest BCUT2D eigenvalue weighted by atomic mass is 9.79. The topological polar surface area (TPSA) is 59.3 Å². The standard InChI is InChI=1S/C28H33NO3/c1-2-3-4-6-22-8-10-23(11-9-22)7-5-20-31-26-18-14-25(15-19-26)28(30)32-27-16-12-24(21-29)13-17-27/h5,7,12-19,22-23H,2-4,6,8-11,20H2,1H3/t22-,23-. The van der Waals surface area contributed by atoms with E-state index in [2.05, 4.69) is 19.1 Å². The van der Waals surface area contributed by atoms with E-state index in [1.807, 2.05) is 6.07 Å². The first-order valence-corrected chi connectivity index (χ1v) is 11.8. The molecule has 3 rings (SSSR count). The van der Waals surface area contributed by atoms with Gasteiger partial charge < -0.3 is 9.47 Å². The minimum Gasteiger partial charge on any atom is -0.490 e. The average molecular weight is 432 g/mol. The molecule has 2 aromatic carbocycles. The summed E-state index contributed by atoms with van der Waals surface area (Å²) in [5, 5.41) is 8.83. The van der Waals surface area contributed by atoms with Crippen LogP contribution < -0.4 is 9.47 Å². The quantitative estimate of drug-likeness (QED) is 0.174. The number of ether oxygens (including phenoxy) is 2. The molecule has 1 aliphatic rings. The van der Waals surface area contributed by atoms with E-state index < -0.39 is 5.97 Å². The van der Waals surface area contributed by atoms with Gasteiger partial charge in [0.1, 0.15) is 18.1 Å². The van der Waals surface area contributed by atoms with E-state index in [1.165, 1.54) is 51.4 Å². The molecule has 1 fully saturated rings. The van der Waals surface area contributed by atoms with E-state index >= 15 is 0 Å². The Labute approximate surface area is 191 Å². The number of rotatable bonds is 10. The number of allylic oxidation sites excluding steroid dienone is 1. The van der Waals surface area contributed by atoms with Crippen LogP contribution in [0.4, 0.5) is 0 Å². The maximum atomic E-state index is 12.3. The Hall–Kier alpha value is -3.06. The molecule has 4 heteroatoms. The van der Waals surface area contributed by atoms with Crippen LogP contribution >= 0.6 is 0 Å². The summed E-state index contributed by atoms with van der Waals surface area (Å²) in [5.74, 6) is 2.31. The van der Waals surface area contributed by atoms with Gasteiger partial charge in [-0.3, -0.25) is 0 Å². The van der Waals surface area contributed by atoms with E-state index in [0.29, 0.717) is 29.4 Å². The molecule has 168 valence electrons. The van der Waals surface area contributed by atoms with E-state index in [1.54, 1.807) is 48.5 Å². The lowest BCUT2D eigenvalue weighted by Gasteiger charge is -2.26. The molecule has 0 radical (unpaired) electrons. The first-order chi connectivity index (χ1) is 15.7. The Bertz CT molecular complexity index is 901. The zero-order valence-electron chi connectivity index (χ0n) is 19.0. The fraction of sp³-hybridized carbons (Fsp3) is 0.429. The molecule has 1 aliphatic carbocycles. The lowest BCUT2D eigenvalue weighted by Crippen LogP contribution is -2.13. The zero-order valence-corrected chi connectivity index (χ0v) is 19.0. The third-order valence-corrected chi connectivity index (χ3v) is 6.15. The highest BCUT2D eigenvalue weighted by Gasteiger charge is 2.18. The van der Waals surface area contributed by atoms with Gasteiger partial charge in [-0.25, -0.2) is 4.79 Å². The monoisotopic (exact) mass is 431 g/mol. The number of nitrogens with zero attached hydrogens (tertiary/aromatic N) is 1. The van der Waals surface area contributed by atoms with Crippen LogP contribution in [-0.4, -0.2) is 12.6 Å². The fourth-order valence-electron chi connectivity index (χ4n) is 4.20. The number of hydrogen-bond donors (Lipinski definition) is 0. The van der Waals surface area contributed by atoms with E-state index in [-0.39, 0.29) is 0 Å². The van der Waals surface area contributed by atoms with Gasteiger partial charge in [-0.2, -0.15) is 5.26 Å². The average Bonchev–Trinajstić information content (AvgIpc) is 2.84. The van der Waals surface area contributed by atoms with Crippen LogP contribution in [0.2, 0.25) is 0 Å². The Morgan fingerprint density at radius 1 is 1.00 bits per heavy atom. The summed E-state index contributed by atoms with van der Waals surface area (Å²) >= 11 is 0. The second kappa shape index (κ2) is 12.7. The van der Waals surface area contributed by atoms with Crippen LogP contribution in [0, 0.1) is 23.2 Å². The van der Waals surface area contributed by atoms with Crippen molar-refractivity contribution in [1.82, 2.24) is 0 Å². The number of carbonyl (C=O) groups excluding carboxylic acids is 1. The highest BCUT2D eigenvalue weighted by atomic mass is 16.5. The molecule has 4 nitrogen and oxygen atoms in total. The van der Waals surface area contributed by atoms with Gasteiger partial charge in [0, 0.05) is 0 Å². The van der Waals surface area contributed by atoms with E-state index in [9.17, 15) is 4.79 Å². The van der Waals surface area contributed by atoms with Gasteiger partial charge in [-0.15, -0.1) is 0 Å². The SMILES string of the molecule is CCCCC[C@H]1CC[C@H](C=CCOc2ccc(C(=O)Oc3ccc(C#N)cc3)cc2)CC1. The number of carbonyl (C=O) groups is 1. The molecule has 0 spiro atoms. The predicted octanol–water partition coefficient (Wildman–Crippen LogP) is 7.10. The highest BCUT2D eigenvalue weighted by Crippen LogP contribution is 2.32. The van der Waals surface area contributed by atoms with Crippen molar-refractivity contribution in [2.75, 3.05) is 6.61 Å². The molecule has 2 aromatic rings. The maximum Gasteiger partial charge on any atom is 0.343 e. The van der Waals surface area contributed by atoms with Crippen molar-refractivity contribution in [3.8, 4) is 17.6 Å². The third kappa shape index (κ3) is 7.57. The molecule has 0 heterocycles. The molecule has 0 aliphatic heterocycles. The summed E-state index contributed by atoms with van der Waals surface area (Å²) < 4.78 is 11.1. The molecular weight excluding hydrogens is 398 g/mol. The molecule has 32 heavy (non-hydrogen) atoms. The predicted molar refractivity (Wildman–Crippen MR) is 127 cm³/mol. The van der Waals surface area contributed by atoms with Gasteiger partial charge in [0.25, 0.3) is 0 Å². The number of nitriles is 1. The minimum atomic E-state index is -0.438. The van der Waals surface area contributed by atoms with Crippen molar-refractivity contribution < 1.29 is 14.3 Å². The molecular formula is C28H33NO3. The van der Waals surface area contributed by atoms with Gasteiger partial charge in [0.05, 0.1) is 17.2 Å². The van der Waals surface area contributed by atoms with E-state index in [4.69, 9.17) is 14.7 Å². The Morgan fingerprint density at radius 2 is 1.69 bits per heavy atom. The summed E-state index contributed by atoms with van der Waals surface area (Å²) in [6.07, 6.45) is 15.2. The Kier molecular flexibility index (Phi) is 9.37. The number of unbranched alkanes of at least 4 members (excludes halogenated alkanes) is 2. The zero-order chi connectivity index (χ0) is 22.6. The fourth-order valence-corrected chi connectivity index (χ4v) is 4.20. The maximum absolute atomic E-state index is 12.3. The van der Waals surface area contributed by atoms with Gasteiger partial charge >= 0.3 is 5.97 Å². The van der Waals surface area contributed by atoms with Crippen LogP contribution in [0.25, 0.3) is 0 Å². The second-order valence-corrected chi connectivity index (χ2v) is 8.57. The van der Waals surface area contributed by atoms with Crippen molar-refractivity contribution in [2.24, 2.45) is 11.8 Å². The summed E-state index contributed by atoms with van der Waals surface area (Å²) in [6, 6.07) is 15.5. The molecule has 0 aromatic heterocycles. The molecule has 0 N–H and O–H groups in total. The molecule has 0 bridgehead atoms. The Balaban J connectivity index is 1.37. The van der Waals surface area contributed by atoms with Gasteiger partial charge in [0.15, 0.2) is 0 Å². The van der Waals surface area contributed by atoms with Crippen LogP contribution in [0.5, 0.6) is 11.5 Å². The van der Waals surface area contributed by atoms with Crippen LogP contribution in [0.3, 0.4) is 0 Å². The second-order valence-electron chi connectivity index (χ2n) is 8.57. The minimum absolute atomic E-state index is 0.412. The lowest BCUT2D eigenvalue weighted by molar-refractivity contribution is 0.0734. The highest BCUT2D eigenvalue weighted by molar-refractivity contribution is 5.91. The van der Waals surface area contributed by atoms with Gasteiger partial charge in [0.2, 0.25) is 0 Å². The van der Waals surface area contributed by atoms with Crippen molar-refractivity contribution in [1.29, 1.82) is 5.26 Å². The molecule has 0 saturated heterocycles. The third-order valence-electron chi connectivity index (χ3n) is 6.15. The molecule has 0 atom stereocenters. The van der Waals surface area contributed by atoms with Crippen molar-refractivity contribution >= 4 is 5.97 Å². The first kappa shape index (κ1) is 23.6. The van der Waals surface area contributed by atoms with Crippen molar-refractivity contribution in [3.63, 3.8) is 0 Å². The summed E-state index contributed by atoms with van der Waals surface area (Å²) in [7, 11) is 0. The molecule has 0 unspecified atom stereocenters. The van der Waals surface area contributed by atoms with E-state index in [0.717, 1.165) is 11.7 Å². The first-order valence-electron chi connectivity index (χ1n) is 11.8. The molecule has 0 amide bonds. The number of esters is 1. The van der Waals surface area contributed by atoms with Crippen LogP contribution in [-0.2, 0) is 0 Å². The van der Waals surface area contributed by atoms with Gasteiger partial charge in [-0.1, -0.05) is 44.8 Å². The largest absolute Gasteiger partial charge is 0.490 e. The number of benzene rings is 2. The van der Waals surface area contributed by atoms with Crippen LogP contribution in [0.15, 0.2) is 60.7 Å². The molecule has 1 saturated carbocycles.